The van der Waals surface area contributed by atoms with Gasteiger partial charge in [0.2, 0.25) is 5.91 Å². The second-order valence-electron chi connectivity index (χ2n) is 6.51. The Morgan fingerprint density at radius 3 is 2.91 bits per heavy atom. The summed E-state index contributed by atoms with van der Waals surface area (Å²) in [5.74, 6) is 1.53. The maximum absolute atomic E-state index is 12.2. The molecule has 2 rings (SSSR count). The van der Waals surface area contributed by atoms with E-state index in [0.29, 0.717) is 6.42 Å². The van der Waals surface area contributed by atoms with Gasteiger partial charge in [0.15, 0.2) is 0 Å². The van der Waals surface area contributed by atoms with Gasteiger partial charge < -0.3 is 15.0 Å². The number of nitrogens with one attached hydrogen (secondary N) is 1. The minimum absolute atomic E-state index is 0.0537. The van der Waals surface area contributed by atoms with Gasteiger partial charge in [-0.15, -0.1) is 0 Å². The monoisotopic (exact) mass is 304 g/mol. The van der Waals surface area contributed by atoms with Gasteiger partial charge in [0.25, 0.3) is 0 Å². The number of carbonyl (C=O) groups excluding carboxylic acids is 1. The number of anilines is 1. The molecule has 0 bridgehead atoms. The summed E-state index contributed by atoms with van der Waals surface area (Å²) in [6, 6.07) is 7.61. The second kappa shape index (κ2) is 8.18. The second-order valence-corrected chi connectivity index (χ2v) is 6.51. The van der Waals surface area contributed by atoms with Gasteiger partial charge in [-0.1, -0.05) is 19.1 Å². The molecule has 1 saturated heterocycles. The molecule has 0 spiro atoms. The molecule has 0 radical (unpaired) electrons. The number of hydrogen-bond donors (Lipinski definition) is 1. The standard InChI is InChI=1S/C18H28N2O2/c1-14(2)22-17-9-5-4-8-16(17)19-18(21)10-12-20-11-6-7-15(3)13-20/h4-5,8-9,14-15H,6-7,10-13H2,1-3H3,(H,19,21). The lowest BCUT2D eigenvalue weighted by molar-refractivity contribution is -0.116. The Morgan fingerprint density at radius 1 is 1.41 bits per heavy atom. The van der Waals surface area contributed by atoms with Crippen molar-refractivity contribution in [3.05, 3.63) is 24.3 Å². The van der Waals surface area contributed by atoms with Crippen molar-refractivity contribution < 1.29 is 9.53 Å². The van der Waals surface area contributed by atoms with Crippen LogP contribution < -0.4 is 10.1 Å². The van der Waals surface area contributed by atoms with E-state index in [1.807, 2.05) is 38.1 Å². The van der Waals surface area contributed by atoms with Gasteiger partial charge >= 0.3 is 0 Å². The van der Waals surface area contributed by atoms with E-state index in [4.69, 9.17) is 4.74 Å². The Hall–Kier alpha value is -1.55. The van der Waals surface area contributed by atoms with Crippen LogP contribution in [0.15, 0.2) is 24.3 Å². The molecule has 4 heteroatoms. The Labute approximate surface area is 133 Å². The van der Waals surface area contributed by atoms with Crippen LogP contribution in [0.25, 0.3) is 0 Å². The predicted octanol–water partition coefficient (Wildman–Crippen LogP) is 3.53. The summed E-state index contributed by atoms with van der Waals surface area (Å²) >= 11 is 0. The lowest BCUT2D eigenvalue weighted by Gasteiger charge is -2.30. The van der Waals surface area contributed by atoms with Crippen molar-refractivity contribution in [1.29, 1.82) is 0 Å². The van der Waals surface area contributed by atoms with Crippen molar-refractivity contribution in [3.63, 3.8) is 0 Å². The molecule has 1 unspecified atom stereocenters. The molecule has 1 atom stereocenters. The molecular weight excluding hydrogens is 276 g/mol. The highest BCUT2D eigenvalue weighted by Crippen LogP contribution is 2.25. The average Bonchev–Trinajstić information content (AvgIpc) is 2.47. The Bertz CT molecular complexity index is 488. The van der Waals surface area contributed by atoms with E-state index in [-0.39, 0.29) is 12.0 Å². The quantitative estimate of drug-likeness (QED) is 0.874. The van der Waals surface area contributed by atoms with Gasteiger partial charge in [0.05, 0.1) is 11.8 Å². The number of nitrogens with zero attached hydrogens (tertiary/aromatic N) is 1. The summed E-state index contributed by atoms with van der Waals surface area (Å²) in [6.07, 6.45) is 3.17. The van der Waals surface area contributed by atoms with Gasteiger partial charge in [-0.25, -0.2) is 0 Å². The molecule has 1 fully saturated rings. The van der Waals surface area contributed by atoms with Crippen LogP contribution in [0.1, 0.15) is 40.0 Å². The lowest BCUT2D eigenvalue weighted by atomic mass is 10.0. The number of piperidine rings is 1. The summed E-state index contributed by atoms with van der Waals surface area (Å²) in [4.78, 5) is 14.6. The van der Waals surface area contributed by atoms with Crippen molar-refractivity contribution in [1.82, 2.24) is 4.90 Å². The third-order valence-electron chi connectivity index (χ3n) is 3.92. The number of para-hydroxylation sites is 2. The molecule has 1 aliphatic rings. The third-order valence-corrected chi connectivity index (χ3v) is 3.92. The van der Waals surface area contributed by atoms with Crippen molar-refractivity contribution in [3.8, 4) is 5.75 Å². The third kappa shape index (κ3) is 5.34. The molecule has 1 aliphatic heterocycles. The van der Waals surface area contributed by atoms with Crippen LogP contribution in [0.4, 0.5) is 5.69 Å². The molecule has 1 N–H and O–H groups in total. The minimum Gasteiger partial charge on any atom is -0.489 e. The zero-order valence-corrected chi connectivity index (χ0v) is 14.0. The van der Waals surface area contributed by atoms with Crippen LogP contribution in [0.5, 0.6) is 5.75 Å². The first-order valence-electron chi connectivity index (χ1n) is 8.32. The zero-order chi connectivity index (χ0) is 15.9. The number of carbonyl (C=O) groups is 1. The summed E-state index contributed by atoms with van der Waals surface area (Å²) in [6.45, 7) is 9.31. The van der Waals surface area contributed by atoms with Gasteiger partial charge in [0.1, 0.15) is 5.75 Å². The predicted molar refractivity (Wildman–Crippen MR) is 90.3 cm³/mol. The first-order chi connectivity index (χ1) is 10.5. The van der Waals surface area contributed by atoms with E-state index >= 15 is 0 Å². The topological polar surface area (TPSA) is 41.6 Å². The van der Waals surface area contributed by atoms with Crippen LogP contribution in [-0.4, -0.2) is 36.5 Å². The summed E-state index contributed by atoms with van der Waals surface area (Å²) in [5.41, 5.74) is 0.758. The molecule has 1 aromatic rings. The van der Waals surface area contributed by atoms with E-state index in [1.54, 1.807) is 0 Å². The van der Waals surface area contributed by atoms with Crippen molar-refractivity contribution >= 4 is 11.6 Å². The van der Waals surface area contributed by atoms with E-state index < -0.39 is 0 Å². The van der Waals surface area contributed by atoms with Crippen LogP contribution >= 0.6 is 0 Å². The zero-order valence-electron chi connectivity index (χ0n) is 14.0. The fraction of sp³-hybridized carbons (Fsp3) is 0.611. The fourth-order valence-corrected chi connectivity index (χ4v) is 2.89. The van der Waals surface area contributed by atoms with Crippen molar-refractivity contribution in [2.24, 2.45) is 5.92 Å². The molecule has 22 heavy (non-hydrogen) atoms. The van der Waals surface area contributed by atoms with Gasteiger partial charge in [0, 0.05) is 19.5 Å². The number of hydrogen-bond acceptors (Lipinski definition) is 3. The minimum atomic E-state index is 0.0537. The Kier molecular flexibility index (Phi) is 6.25. The first-order valence-corrected chi connectivity index (χ1v) is 8.32. The van der Waals surface area contributed by atoms with Crippen LogP contribution in [0, 0.1) is 5.92 Å². The highest BCUT2D eigenvalue weighted by Gasteiger charge is 2.17. The molecule has 0 aromatic heterocycles. The van der Waals surface area contributed by atoms with E-state index in [2.05, 4.69) is 17.1 Å². The molecule has 4 nitrogen and oxygen atoms in total. The summed E-state index contributed by atoms with van der Waals surface area (Å²) in [5, 5.41) is 2.98. The summed E-state index contributed by atoms with van der Waals surface area (Å²) in [7, 11) is 0. The van der Waals surface area contributed by atoms with E-state index in [9.17, 15) is 4.79 Å². The van der Waals surface area contributed by atoms with Crippen molar-refractivity contribution in [2.75, 3.05) is 25.0 Å². The number of likely N-dealkylation sites (tertiary alicyclic amines) is 1. The molecule has 0 aliphatic carbocycles. The van der Waals surface area contributed by atoms with E-state index in [0.717, 1.165) is 37.0 Å². The molecule has 1 aromatic carbocycles. The maximum atomic E-state index is 12.2. The smallest absolute Gasteiger partial charge is 0.225 e. The molecule has 122 valence electrons. The average molecular weight is 304 g/mol. The van der Waals surface area contributed by atoms with Crippen molar-refractivity contribution in [2.45, 2.75) is 46.1 Å². The highest BCUT2D eigenvalue weighted by molar-refractivity contribution is 5.92. The normalized spacial score (nSPS) is 19.2. The Morgan fingerprint density at radius 2 is 2.18 bits per heavy atom. The molecular formula is C18H28N2O2. The van der Waals surface area contributed by atoms with Crippen LogP contribution in [0.2, 0.25) is 0 Å². The molecule has 1 heterocycles. The van der Waals surface area contributed by atoms with Crippen LogP contribution in [0.3, 0.4) is 0 Å². The highest BCUT2D eigenvalue weighted by atomic mass is 16.5. The van der Waals surface area contributed by atoms with Gasteiger partial charge in [-0.2, -0.15) is 0 Å². The number of rotatable bonds is 6. The largest absolute Gasteiger partial charge is 0.489 e. The molecule has 1 amide bonds. The fourth-order valence-electron chi connectivity index (χ4n) is 2.89. The van der Waals surface area contributed by atoms with Gasteiger partial charge in [-0.3, -0.25) is 4.79 Å². The first kappa shape index (κ1) is 16.8. The SMILES string of the molecule is CC1CCCN(CCC(=O)Nc2ccccc2OC(C)C)C1. The number of ether oxygens (including phenoxy) is 1. The maximum Gasteiger partial charge on any atom is 0.225 e. The summed E-state index contributed by atoms with van der Waals surface area (Å²) < 4.78 is 5.73. The van der Waals surface area contributed by atoms with E-state index in [1.165, 1.54) is 12.8 Å². The van der Waals surface area contributed by atoms with Gasteiger partial charge in [-0.05, 0) is 51.3 Å². The molecule has 0 saturated carbocycles. The lowest BCUT2D eigenvalue weighted by Crippen LogP contribution is -2.36. The number of benzene rings is 1. The Balaban J connectivity index is 1.84. The number of amides is 1. The van der Waals surface area contributed by atoms with Crippen LogP contribution in [-0.2, 0) is 4.79 Å².